The van der Waals surface area contributed by atoms with Crippen LogP contribution in [-0.2, 0) is 0 Å². The number of carbonyl (C=O) groups is 1. The number of benzene rings is 2. The van der Waals surface area contributed by atoms with E-state index in [0.29, 0.717) is 0 Å². The zero-order valence-corrected chi connectivity index (χ0v) is 9.39. The number of hydrogen-bond donors (Lipinski definition) is 0. The first kappa shape index (κ1) is 10.0. The van der Waals surface area contributed by atoms with Gasteiger partial charge in [-0.25, -0.2) is 0 Å². The molecule has 3 rings (SSSR count). The number of carbonyl (C=O) groups excluding carboxylic acids is 1. The van der Waals surface area contributed by atoms with Crippen LogP contribution in [0.5, 0.6) is 0 Å². The van der Waals surface area contributed by atoms with Crippen molar-refractivity contribution in [1.82, 2.24) is 0 Å². The second-order valence-electron chi connectivity index (χ2n) is 4.23. The molecule has 0 saturated carbocycles. The summed E-state index contributed by atoms with van der Waals surface area (Å²) in [6, 6.07) is 12.2. The molecule has 1 aliphatic carbocycles. The predicted octanol–water partition coefficient (Wildman–Crippen LogP) is 4.00. The SMILES string of the molecule is O=Cc1cc2ccccc2cc1C1=CC=CC1. The number of aldehydes is 1. The van der Waals surface area contributed by atoms with Crippen molar-refractivity contribution in [2.75, 3.05) is 0 Å². The molecule has 82 valence electrons. The van der Waals surface area contributed by atoms with Gasteiger partial charge in [-0.1, -0.05) is 42.5 Å². The molecular weight excluding hydrogens is 208 g/mol. The van der Waals surface area contributed by atoms with E-state index in [-0.39, 0.29) is 0 Å². The Morgan fingerprint density at radius 3 is 2.47 bits per heavy atom. The molecule has 0 bridgehead atoms. The molecule has 0 heterocycles. The highest BCUT2D eigenvalue weighted by Crippen LogP contribution is 2.29. The van der Waals surface area contributed by atoms with E-state index in [4.69, 9.17) is 0 Å². The fraction of sp³-hybridized carbons (Fsp3) is 0.0625. The van der Waals surface area contributed by atoms with Gasteiger partial charge in [-0.05, 0) is 40.5 Å². The van der Waals surface area contributed by atoms with Gasteiger partial charge in [0.05, 0.1) is 0 Å². The van der Waals surface area contributed by atoms with Gasteiger partial charge in [-0.2, -0.15) is 0 Å². The quantitative estimate of drug-likeness (QED) is 0.699. The lowest BCUT2D eigenvalue weighted by Crippen LogP contribution is -1.91. The van der Waals surface area contributed by atoms with E-state index in [9.17, 15) is 4.79 Å². The van der Waals surface area contributed by atoms with Crippen molar-refractivity contribution in [1.29, 1.82) is 0 Å². The van der Waals surface area contributed by atoms with Crippen molar-refractivity contribution >= 4 is 22.6 Å². The Hall–Kier alpha value is -2.15. The zero-order chi connectivity index (χ0) is 11.7. The summed E-state index contributed by atoms with van der Waals surface area (Å²) in [7, 11) is 0. The summed E-state index contributed by atoms with van der Waals surface area (Å²) in [6.45, 7) is 0. The summed E-state index contributed by atoms with van der Waals surface area (Å²) >= 11 is 0. The number of hydrogen-bond acceptors (Lipinski definition) is 1. The minimum absolute atomic E-state index is 0.777. The van der Waals surface area contributed by atoms with Gasteiger partial charge in [0.2, 0.25) is 0 Å². The molecule has 0 unspecified atom stereocenters. The Balaban J connectivity index is 2.25. The fourth-order valence-electron chi connectivity index (χ4n) is 2.28. The van der Waals surface area contributed by atoms with Gasteiger partial charge in [-0.15, -0.1) is 0 Å². The average Bonchev–Trinajstić information content (AvgIpc) is 2.91. The largest absolute Gasteiger partial charge is 0.298 e. The normalized spacial score (nSPS) is 14.0. The molecule has 17 heavy (non-hydrogen) atoms. The molecule has 0 radical (unpaired) electrons. The maximum atomic E-state index is 11.2. The molecule has 1 nitrogen and oxygen atoms in total. The Labute approximate surface area is 100 Å². The smallest absolute Gasteiger partial charge is 0.150 e. The van der Waals surface area contributed by atoms with Crippen LogP contribution in [0.25, 0.3) is 16.3 Å². The third kappa shape index (κ3) is 1.70. The summed E-state index contributed by atoms with van der Waals surface area (Å²) in [5.74, 6) is 0. The van der Waals surface area contributed by atoms with Crippen molar-refractivity contribution in [3.05, 3.63) is 65.8 Å². The summed E-state index contributed by atoms with van der Waals surface area (Å²) < 4.78 is 0. The highest BCUT2D eigenvalue weighted by molar-refractivity contribution is 5.96. The first-order valence-corrected chi connectivity index (χ1v) is 5.72. The number of fused-ring (bicyclic) bond motifs is 1. The molecule has 1 aliphatic rings. The van der Waals surface area contributed by atoms with E-state index < -0.39 is 0 Å². The molecule has 1 heteroatoms. The lowest BCUT2D eigenvalue weighted by molar-refractivity contribution is 0.112. The lowest BCUT2D eigenvalue weighted by atomic mass is 9.95. The molecule has 2 aromatic carbocycles. The summed E-state index contributed by atoms with van der Waals surface area (Å²) in [4.78, 5) is 11.2. The molecule has 0 spiro atoms. The third-order valence-corrected chi connectivity index (χ3v) is 3.16. The van der Waals surface area contributed by atoms with Crippen LogP contribution in [0.15, 0.2) is 54.6 Å². The van der Waals surface area contributed by atoms with Crippen molar-refractivity contribution in [2.45, 2.75) is 6.42 Å². The van der Waals surface area contributed by atoms with Gasteiger partial charge < -0.3 is 0 Å². The van der Waals surface area contributed by atoms with Gasteiger partial charge in [0.1, 0.15) is 0 Å². The maximum absolute atomic E-state index is 11.2. The van der Waals surface area contributed by atoms with Crippen LogP contribution < -0.4 is 0 Å². The van der Waals surface area contributed by atoms with Gasteiger partial charge in [0.25, 0.3) is 0 Å². The van der Waals surface area contributed by atoms with Crippen molar-refractivity contribution < 1.29 is 4.79 Å². The summed E-state index contributed by atoms with van der Waals surface area (Å²) in [5.41, 5.74) is 3.06. The predicted molar refractivity (Wildman–Crippen MR) is 71.1 cm³/mol. The highest BCUT2D eigenvalue weighted by atomic mass is 16.1. The molecular formula is C16H12O. The summed E-state index contributed by atoms with van der Waals surface area (Å²) in [6.07, 6.45) is 8.09. The lowest BCUT2D eigenvalue weighted by Gasteiger charge is -2.08. The van der Waals surface area contributed by atoms with Gasteiger partial charge in [0, 0.05) is 5.56 Å². The third-order valence-electron chi connectivity index (χ3n) is 3.16. The molecule has 2 aromatic rings. The van der Waals surface area contributed by atoms with E-state index in [2.05, 4.69) is 24.3 Å². The molecule has 0 N–H and O–H groups in total. The molecule has 0 atom stereocenters. The number of rotatable bonds is 2. The van der Waals surface area contributed by atoms with Crippen LogP contribution in [0.1, 0.15) is 22.3 Å². The van der Waals surface area contributed by atoms with Gasteiger partial charge in [-0.3, -0.25) is 4.79 Å². The van der Waals surface area contributed by atoms with Crippen LogP contribution in [0.2, 0.25) is 0 Å². The Kier molecular flexibility index (Phi) is 2.37. The van der Waals surface area contributed by atoms with Gasteiger partial charge >= 0.3 is 0 Å². The van der Waals surface area contributed by atoms with Crippen LogP contribution in [0.3, 0.4) is 0 Å². The van der Waals surface area contributed by atoms with E-state index in [1.54, 1.807) is 0 Å². The maximum Gasteiger partial charge on any atom is 0.150 e. The van der Waals surface area contributed by atoms with Crippen molar-refractivity contribution in [3.63, 3.8) is 0 Å². The van der Waals surface area contributed by atoms with Crippen LogP contribution >= 0.6 is 0 Å². The zero-order valence-electron chi connectivity index (χ0n) is 9.39. The minimum atomic E-state index is 0.777. The average molecular weight is 220 g/mol. The second-order valence-corrected chi connectivity index (χ2v) is 4.23. The molecule has 0 aliphatic heterocycles. The first-order chi connectivity index (χ1) is 8.38. The molecule has 0 aromatic heterocycles. The van der Waals surface area contributed by atoms with E-state index >= 15 is 0 Å². The topological polar surface area (TPSA) is 17.1 Å². The van der Waals surface area contributed by atoms with E-state index in [0.717, 1.165) is 29.2 Å². The van der Waals surface area contributed by atoms with E-state index in [1.165, 1.54) is 11.0 Å². The monoisotopic (exact) mass is 220 g/mol. The fourth-order valence-corrected chi connectivity index (χ4v) is 2.28. The highest BCUT2D eigenvalue weighted by Gasteiger charge is 2.09. The standard InChI is InChI=1S/C16H12O/c17-11-15-9-13-7-3-4-8-14(13)10-16(15)12-5-1-2-6-12/h1-5,7-11H,6H2. The Bertz CT molecular complexity index is 648. The Morgan fingerprint density at radius 1 is 1.06 bits per heavy atom. The Morgan fingerprint density at radius 2 is 1.82 bits per heavy atom. The molecule has 0 fully saturated rings. The molecule has 0 saturated heterocycles. The minimum Gasteiger partial charge on any atom is -0.298 e. The second kappa shape index (κ2) is 4.02. The van der Waals surface area contributed by atoms with Crippen LogP contribution in [0, 0.1) is 0 Å². The van der Waals surface area contributed by atoms with Crippen LogP contribution in [0.4, 0.5) is 0 Å². The summed E-state index contributed by atoms with van der Waals surface area (Å²) in [5, 5.41) is 2.30. The first-order valence-electron chi connectivity index (χ1n) is 5.72. The molecule has 0 amide bonds. The van der Waals surface area contributed by atoms with Crippen LogP contribution in [-0.4, -0.2) is 6.29 Å². The van der Waals surface area contributed by atoms with Crippen molar-refractivity contribution in [2.24, 2.45) is 0 Å². The van der Waals surface area contributed by atoms with Gasteiger partial charge in [0.15, 0.2) is 6.29 Å². The van der Waals surface area contributed by atoms with Crippen molar-refractivity contribution in [3.8, 4) is 0 Å². The number of allylic oxidation sites excluding steroid dienone is 4. The van der Waals surface area contributed by atoms with E-state index in [1.807, 2.05) is 30.3 Å².